The first-order valence-electron chi connectivity index (χ1n) is 9.49. The van der Waals surface area contributed by atoms with Crippen molar-refractivity contribution in [3.8, 4) is 11.5 Å². The fourth-order valence-corrected chi connectivity index (χ4v) is 3.82. The number of rotatable bonds is 10. The third-order valence-electron chi connectivity index (χ3n) is 4.31. The van der Waals surface area contributed by atoms with Gasteiger partial charge in [-0.3, -0.25) is 9.36 Å². The number of anilines is 1. The molecule has 0 fully saturated rings. The lowest BCUT2D eigenvalue weighted by atomic mass is 10.2. The van der Waals surface area contributed by atoms with Gasteiger partial charge < -0.3 is 14.8 Å². The molecular formula is C22H23ClN4O3S. The number of para-hydroxylation sites is 2. The molecule has 0 spiro atoms. The van der Waals surface area contributed by atoms with Crippen LogP contribution >= 0.6 is 23.4 Å². The Morgan fingerprint density at radius 2 is 2.06 bits per heavy atom. The molecule has 9 heteroatoms. The van der Waals surface area contributed by atoms with E-state index in [4.69, 9.17) is 21.1 Å². The molecular weight excluding hydrogens is 436 g/mol. The normalized spacial score (nSPS) is 10.5. The lowest BCUT2D eigenvalue weighted by Gasteiger charge is -2.11. The van der Waals surface area contributed by atoms with E-state index in [1.807, 2.05) is 35.8 Å². The zero-order chi connectivity index (χ0) is 22.2. The van der Waals surface area contributed by atoms with Gasteiger partial charge in [0.2, 0.25) is 5.91 Å². The summed E-state index contributed by atoms with van der Waals surface area (Å²) in [6.07, 6.45) is 1.75. The molecule has 0 bridgehead atoms. The summed E-state index contributed by atoms with van der Waals surface area (Å²) in [5, 5.41) is 12.6. The predicted octanol–water partition coefficient (Wildman–Crippen LogP) is 4.74. The lowest BCUT2D eigenvalue weighted by molar-refractivity contribution is -0.113. The number of halogens is 1. The number of allylic oxidation sites excluding steroid dienone is 1. The minimum Gasteiger partial charge on any atom is -0.495 e. The molecule has 1 amide bonds. The van der Waals surface area contributed by atoms with Gasteiger partial charge in [0.1, 0.15) is 18.1 Å². The molecule has 1 heterocycles. The summed E-state index contributed by atoms with van der Waals surface area (Å²) in [4.78, 5) is 12.4. The summed E-state index contributed by atoms with van der Waals surface area (Å²) in [6, 6.07) is 12.7. The van der Waals surface area contributed by atoms with Crippen molar-refractivity contribution >= 4 is 35.0 Å². The van der Waals surface area contributed by atoms with Crippen LogP contribution in [0.1, 0.15) is 11.4 Å². The first-order valence-corrected chi connectivity index (χ1v) is 10.9. The Morgan fingerprint density at radius 1 is 1.26 bits per heavy atom. The smallest absolute Gasteiger partial charge is 0.234 e. The van der Waals surface area contributed by atoms with Crippen molar-refractivity contribution in [3.63, 3.8) is 0 Å². The number of carbonyl (C=O) groups excluding carboxylic acids is 1. The van der Waals surface area contributed by atoms with Crippen LogP contribution in [-0.2, 0) is 17.9 Å². The van der Waals surface area contributed by atoms with Gasteiger partial charge in [-0.25, -0.2) is 0 Å². The second-order valence-corrected chi connectivity index (χ2v) is 7.91. The summed E-state index contributed by atoms with van der Waals surface area (Å²) in [5.41, 5.74) is 1.56. The molecule has 31 heavy (non-hydrogen) atoms. The third-order valence-corrected chi connectivity index (χ3v) is 5.51. The van der Waals surface area contributed by atoms with Gasteiger partial charge in [0, 0.05) is 11.6 Å². The molecule has 0 saturated carbocycles. The Kier molecular flexibility index (Phi) is 7.97. The Balaban J connectivity index is 1.64. The number of thioether (sulfide) groups is 1. The molecule has 0 unspecified atom stereocenters. The second-order valence-electron chi connectivity index (χ2n) is 6.53. The van der Waals surface area contributed by atoms with Gasteiger partial charge in [-0.2, -0.15) is 0 Å². The highest BCUT2D eigenvalue weighted by molar-refractivity contribution is 7.99. The van der Waals surface area contributed by atoms with Gasteiger partial charge in [0.25, 0.3) is 0 Å². The molecule has 7 nitrogen and oxygen atoms in total. The maximum absolute atomic E-state index is 12.4. The number of benzene rings is 2. The number of nitrogens with one attached hydrogen (secondary N) is 1. The fourth-order valence-electron chi connectivity index (χ4n) is 2.83. The molecule has 0 aliphatic carbocycles. The van der Waals surface area contributed by atoms with Gasteiger partial charge >= 0.3 is 0 Å². The van der Waals surface area contributed by atoms with E-state index < -0.39 is 0 Å². The zero-order valence-electron chi connectivity index (χ0n) is 17.3. The molecule has 162 valence electrons. The van der Waals surface area contributed by atoms with Crippen molar-refractivity contribution in [3.05, 3.63) is 71.5 Å². The molecule has 1 aromatic heterocycles. The minimum absolute atomic E-state index is 0.169. The summed E-state index contributed by atoms with van der Waals surface area (Å²) < 4.78 is 13.0. The first kappa shape index (κ1) is 22.7. The van der Waals surface area contributed by atoms with Gasteiger partial charge in [-0.15, -0.1) is 16.8 Å². The summed E-state index contributed by atoms with van der Waals surface area (Å²) in [5.74, 6) is 1.97. The monoisotopic (exact) mass is 458 g/mol. The minimum atomic E-state index is -0.169. The topological polar surface area (TPSA) is 78.3 Å². The number of carbonyl (C=O) groups is 1. The van der Waals surface area contributed by atoms with E-state index in [9.17, 15) is 4.79 Å². The molecule has 0 aliphatic heterocycles. The third kappa shape index (κ3) is 6.02. The van der Waals surface area contributed by atoms with Gasteiger partial charge in [0.05, 0.1) is 18.6 Å². The van der Waals surface area contributed by atoms with Crippen molar-refractivity contribution in [2.24, 2.45) is 0 Å². The van der Waals surface area contributed by atoms with Crippen LogP contribution in [-0.4, -0.2) is 33.5 Å². The fraction of sp³-hybridized carbons (Fsp3) is 0.227. The standard InChI is InChI=1S/C22H23ClN4O3S/c1-4-11-27-20(13-30-18-10-9-16(23)12-15(18)2)25-26-22(27)31-14-21(28)24-17-7-5-6-8-19(17)29-3/h4-10,12H,1,11,13-14H2,2-3H3,(H,24,28). The van der Waals surface area contributed by atoms with Gasteiger partial charge in [-0.05, 0) is 42.8 Å². The van der Waals surface area contributed by atoms with Crippen molar-refractivity contribution in [2.45, 2.75) is 25.2 Å². The number of hydrogen-bond acceptors (Lipinski definition) is 6. The van der Waals surface area contributed by atoms with Crippen LogP contribution in [0.4, 0.5) is 5.69 Å². The Morgan fingerprint density at radius 3 is 2.81 bits per heavy atom. The van der Waals surface area contributed by atoms with E-state index in [0.717, 1.165) is 11.3 Å². The summed E-state index contributed by atoms with van der Waals surface area (Å²) >= 11 is 7.29. The van der Waals surface area contributed by atoms with Crippen LogP contribution < -0.4 is 14.8 Å². The van der Waals surface area contributed by atoms with Gasteiger partial charge in [0.15, 0.2) is 11.0 Å². The Labute approximate surface area is 190 Å². The SMILES string of the molecule is C=CCn1c(COc2ccc(Cl)cc2C)nnc1SCC(=O)Nc1ccccc1OC. The molecule has 3 aromatic rings. The second kappa shape index (κ2) is 10.9. The van der Waals surface area contributed by atoms with Crippen molar-refractivity contribution in [1.82, 2.24) is 14.8 Å². The van der Waals surface area contributed by atoms with E-state index in [-0.39, 0.29) is 18.3 Å². The largest absolute Gasteiger partial charge is 0.495 e. The van der Waals surface area contributed by atoms with Crippen LogP contribution in [0.15, 0.2) is 60.3 Å². The van der Waals surface area contributed by atoms with E-state index in [2.05, 4.69) is 22.1 Å². The van der Waals surface area contributed by atoms with Crippen LogP contribution in [0.25, 0.3) is 0 Å². The van der Waals surface area contributed by atoms with E-state index >= 15 is 0 Å². The number of aryl methyl sites for hydroxylation is 1. The molecule has 1 N–H and O–H groups in total. The molecule has 0 aliphatic rings. The zero-order valence-corrected chi connectivity index (χ0v) is 18.9. The Bertz CT molecular complexity index is 1070. The average Bonchev–Trinajstić information content (AvgIpc) is 3.14. The Hall–Kier alpha value is -2.97. The number of methoxy groups -OCH3 is 1. The highest BCUT2D eigenvalue weighted by Gasteiger charge is 2.15. The van der Waals surface area contributed by atoms with Crippen LogP contribution in [0.5, 0.6) is 11.5 Å². The number of amides is 1. The summed E-state index contributed by atoms with van der Waals surface area (Å²) in [6.45, 7) is 6.46. The molecule has 0 radical (unpaired) electrons. The first-order chi connectivity index (χ1) is 15.0. The van der Waals surface area contributed by atoms with E-state index in [1.165, 1.54) is 11.8 Å². The van der Waals surface area contributed by atoms with Gasteiger partial charge in [-0.1, -0.05) is 41.6 Å². The molecule has 0 saturated heterocycles. The lowest BCUT2D eigenvalue weighted by Crippen LogP contribution is -2.15. The number of hydrogen-bond donors (Lipinski definition) is 1. The molecule has 0 atom stereocenters. The predicted molar refractivity (Wildman–Crippen MR) is 123 cm³/mol. The average molecular weight is 459 g/mol. The number of aromatic nitrogens is 3. The molecule has 3 rings (SSSR count). The highest BCUT2D eigenvalue weighted by Crippen LogP contribution is 2.25. The molecule has 2 aromatic carbocycles. The summed E-state index contributed by atoms with van der Waals surface area (Å²) in [7, 11) is 1.56. The van der Waals surface area contributed by atoms with Crippen molar-refractivity contribution in [1.29, 1.82) is 0 Å². The maximum Gasteiger partial charge on any atom is 0.234 e. The maximum atomic E-state index is 12.4. The quantitative estimate of drug-likeness (QED) is 0.349. The van der Waals surface area contributed by atoms with Crippen LogP contribution in [0, 0.1) is 6.92 Å². The van der Waals surface area contributed by atoms with Crippen LogP contribution in [0.3, 0.4) is 0 Å². The number of ether oxygens (including phenoxy) is 2. The van der Waals surface area contributed by atoms with Crippen molar-refractivity contribution in [2.75, 3.05) is 18.2 Å². The van der Waals surface area contributed by atoms with Crippen LogP contribution in [0.2, 0.25) is 5.02 Å². The van der Waals surface area contributed by atoms with E-state index in [0.29, 0.717) is 34.0 Å². The number of nitrogens with zero attached hydrogens (tertiary/aromatic N) is 3. The highest BCUT2D eigenvalue weighted by atomic mass is 35.5. The van der Waals surface area contributed by atoms with E-state index in [1.54, 1.807) is 31.4 Å². The van der Waals surface area contributed by atoms with Crippen molar-refractivity contribution < 1.29 is 14.3 Å².